The number of fused-ring (bicyclic) bond motifs is 9. The zero-order valence-electron chi connectivity index (χ0n) is 25.7. The molecule has 0 bridgehead atoms. The Morgan fingerprint density at radius 3 is 1.60 bits per heavy atom. The van der Waals surface area contributed by atoms with Crippen molar-refractivity contribution in [3.63, 3.8) is 0 Å². The van der Waals surface area contributed by atoms with E-state index in [4.69, 9.17) is 22.6 Å². The second-order valence-corrected chi connectivity index (χ2v) is 12.3. The molecule has 9 rings (SSSR count). The summed E-state index contributed by atoms with van der Waals surface area (Å²) >= 11 is 0. The van der Waals surface area contributed by atoms with Crippen molar-refractivity contribution in [2.24, 2.45) is 0 Å². The van der Waals surface area contributed by atoms with Crippen LogP contribution in [0.3, 0.4) is 0 Å². The van der Waals surface area contributed by atoms with Crippen LogP contribution in [0, 0.1) is 13.1 Å². The van der Waals surface area contributed by atoms with E-state index in [1.807, 2.05) is 80.6 Å². The van der Waals surface area contributed by atoms with Crippen molar-refractivity contribution in [1.82, 2.24) is 9.13 Å². The Kier molecular flexibility index (Phi) is 5.57. The van der Waals surface area contributed by atoms with Gasteiger partial charge in [-0.2, -0.15) is 0 Å². The molecule has 0 atom stereocenters. The molecule has 0 unspecified atom stereocenters. The fraction of sp³-hybridized carbons (Fsp3) is 0.0732. The van der Waals surface area contributed by atoms with Crippen LogP contribution in [0.15, 0.2) is 121 Å². The highest BCUT2D eigenvalue weighted by molar-refractivity contribution is 6.11. The number of rotatable bonds is 2. The molecule has 8 aromatic rings. The topological polar surface area (TPSA) is 37.0 Å². The molecule has 0 spiro atoms. The van der Waals surface area contributed by atoms with Gasteiger partial charge in [-0.3, -0.25) is 0 Å². The van der Waals surface area contributed by atoms with E-state index >= 15 is 0 Å². The predicted molar refractivity (Wildman–Crippen MR) is 188 cm³/mol. The number of benzene rings is 6. The first-order chi connectivity index (χ1) is 22.9. The van der Waals surface area contributed by atoms with E-state index in [0.29, 0.717) is 11.4 Å². The summed E-state index contributed by atoms with van der Waals surface area (Å²) in [6, 6.07) is 40.9. The molecule has 0 amide bonds. The Balaban J connectivity index is 1.26. The summed E-state index contributed by atoms with van der Waals surface area (Å²) in [7, 11) is 0. The lowest BCUT2D eigenvalue weighted by Gasteiger charge is -2.26. The van der Waals surface area contributed by atoms with Gasteiger partial charge >= 0.3 is 0 Å². The number of hydrogen-bond donors (Lipinski definition) is 0. The van der Waals surface area contributed by atoms with Crippen LogP contribution in [0.4, 0.5) is 11.4 Å². The normalized spacial score (nSPS) is 13.4. The molecule has 1 aliphatic rings. The van der Waals surface area contributed by atoms with Crippen molar-refractivity contribution in [2.45, 2.75) is 19.6 Å². The standard InChI is InChI=1S/C41H26N4O2/c1-41(2)46-39-20-16-27(44-35-11-7-5-9-29(35)32-21-25(42-3)13-18-37(32)44)23-34(39)31-17-15-28(24-40(31)47-41)45-36-12-8-6-10-30(36)33-22-26(43-4)14-19-38(33)45/h5-24H,1-2H3. The van der Waals surface area contributed by atoms with Crippen LogP contribution in [0.1, 0.15) is 13.8 Å². The summed E-state index contributed by atoms with van der Waals surface area (Å²) < 4.78 is 17.6. The smallest absolute Gasteiger partial charge is 0.245 e. The minimum absolute atomic E-state index is 0.618. The van der Waals surface area contributed by atoms with Gasteiger partial charge in [-0.05, 0) is 77.5 Å². The maximum atomic E-state index is 7.56. The molecule has 2 aromatic heterocycles. The average Bonchev–Trinajstić information content (AvgIpc) is 3.56. The minimum atomic E-state index is -0.922. The second kappa shape index (κ2) is 9.75. The molecule has 6 heteroatoms. The van der Waals surface area contributed by atoms with Crippen molar-refractivity contribution in [1.29, 1.82) is 0 Å². The summed E-state index contributed by atoms with van der Waals surface area (Å²) in [5.41, 5.74) is 9.24. The quantitative estimate of drug-likeness (QED) is 0.184. The SMILES string of the molecule is [C-]#[N+]c1ccc2c(c1)c1ccccc1n2-c1ccc2c(c1)OC(C)(C)Oc1ccc(-n3c4ccccc4c4cc([N+]#[C-])ccc43)cc1-2. The van der Waals surface area contributed by atoms with Crippen LogP contribution in [-0.2, 0) is 0 Å². The van der Waals surface area contributed by atoms with E-state index in [-0.39, 0.29) is 0 Å². The van der Waals surface area contributed by atoms with E-state index in [2.05, 4.69) is 73.4 Å². The number of nitrogens with zero attached hydrogens (tertiary/aromatic N) is 4. The summed E-state index contributed by atoms with van der Waals surface area (Å²) in [6.07, 6.45) is 0. The van der Waals surface area contributed by atoms with Gasteiger partial charge in [0.1, 0.15) is 11.5 Å². The van der Waals surface area contributed by atoms with Crippen LogP contribution in [0.2, 0.25) is 0 Å². The van der Waals surface area contributed by atoms with Crippen LogP contribution >= 0.6 is 0 Å². The highest BCUT2D eigenvalue weighted by atomic mass is 16.7. The lowest BCUT2D eigenvalue weighted by molar-refractivity contribution is -0.0778. The third-order valence-corrected chi connectivity index (χ3v) is 9.02. The molecule has 1 aliphatic heterocycles. The van der Waals surface area contributed by atoms with Crippen LogP contribution in [-0.4, -0.2) is 14.9 Å². The fourth-order valence-electron chi connectivity index (χ4n) is 7.08. The van der Waals surface area contributed by atoms with Crippen molar-refractivity contribution in [3.05, 3.63) is 144 Å². The lowest BCUT2D eigenvalue weighted by Crippen LogP contribution is -2.34. The van der Waals surface area contributed by atoms with Gasteiger partial charge in [0, 0.05) is 53.2 Å². The zero-order valence-corrected chi connectivity index (χ0v) is 25.7. The Morgan fingerprint density at radius 2 is 1.00 bits per heavy atom. The third kappa shape index (κ3) is 4.02. The molecular weight excluding hydrogens is 580 g/mol. The Morgan fingerprint density at radius 1 is 0.489 bits per heavy atom. The van der Waals surface area contributed by atoms with Gasteiger partial charge in [-0.25, -0.2) is 9.69 Å². The maximum absolute atomic E-state index is 7.56. The molecule has 0 saturated carbocycles. The van der Waals surface area contributed by atoms with Crippen LogP contribution < -0.4 is 9.47 Å². The van der Waals surface area contributed by atoms with Crippen LogP contribution in [0.25, 0.3) is 75.8 Å². The Hall–Kier alpha value is -6.50. The number of ether oxygens (including phenoxy) is 2. The van der Waals surface area contributed by atoms with E-state index in [1.54, 1.807) is 0 Å². The molecule has 0 N–H and O–H groups in total. The molecule has 222 valence electrons. The highest BCUT2D eigenvalue weighted by Gasteiger charge is 2.30. The molecule has 47 heavy (non-hydrogen) atoms. The first kappa shape index (κ1) is 26.9. The minimum Gasteiger partial charge on any atom is -0.452 e. The molecule has 3 heterocycles. The first-order valence-electron chi connectivity index (χ1n) is 15.4. The van der Waals surface area contributed by atoms with Gasteiger partial charge in [-0.15, -0.1) is 0 Å². The van der Waals surface area contributed by atoms with E-state index in [1.165, 1.54) is 0 Å². The number of hydrogen-bond acceptors (Lipinski definition) is 2. The monoisotopic (exact) mass is 606 g/mol. The van der Waals surface area contributed by atoms with E-state index in [9.17, 15) is 0 Å². The largest absolute Gasteiger partial charge is 0.452 e. The van der Waals surface area contributed by atoms with Gasteiger partial charge in [0.15, 0.2) is 11.4 Å². The summed E-state index contributed by atoms with van der Waals surface area (Å²) in [5.74, 6) is 0.537. The summed E-state index contributed by atoms with van der Waals surface area (Å²) in [4.78, 5) is 7.35. The van der Waals surface area contributed by atoms with Gasteiger partial charge < -0.3 is 18.6 Å². The maximum Gasteiger partial charge on any atom is 0.245 e. The zero-order chi connectivity index (χ0) is 31.9. The Bertz CT molecular complexity index is 2700. The second-order valence-electron chi connectivity index (χ2n) is 12.3. The predicted octanol–water partition coefficient (Wildman–Crippen LogP) is 11.2. The molecule has 0 fully saturated rings. The molecule has 6 nitrogen and oxygen atoms in total. The van der Waals surface area contributed by atoms with Crippen molar-refractivity contribution in [2.75, 3.05) is 0 Å². The van der Waals surface area contributed by atoms with Gasteiger partial charge in [-0.1, -0.05) is 48.5 Å². The fourth-order valence-corrected chi connectivity index (χ4v) is 7.08. The summed E-state index contributed by atoms with van der Waals surface area (Å²) in [5, 5.41) is 4.28. The highest BCUT2D eigenvalue weighted by Crippen LogP contribution is 2.46. The van der Waals surface area contributed by atoms with Gasteiger partial charge in [0.25, 0.3) is 0 Å². The molecule has 0 aliphatic carbocycles. The van der Waals surface area contributed by atoms with E-state index < -0.39 is 5.79 Å². The van der Waals surface area contributed by atoms with Crippen molar-refractivity contribution < 1.29 is 9.47 Å². The molecule has 0 saturated heterocycles. The average molecular weight is 607 g/mol. The lowest BCUT2D eigenvalue weighted by atomic mass is 10.0. The van der Waals surface area contributed by atoms with E-state index in [0.717, 1.165) is 77.6 Å². The number of para-hydroxylation sites is 2. The van der Waals surface area contributed by atoms with Crippen molar-refractivity contribution in [3.8, 4) is 34.0 Å². The first-order valence-corrected chi connectivity index (χ1v) is 15.4. The summed E-state index contributed by atoms with van der Waals surface area (Å²) in [6.45, 7) is 19.0. The Labute approximate surface area is 270 Å². The molecule has 6 aromatic carbocycles. The van der Waals surface area contributed by atoms with Crippen LogP contribution in [0.5, 0.6) is 11.5 Å². The number of aromatic nitrogens is 2. The van der Waals surface area contributed by atoms with Crippen molar-refractivity contribution >= 4 is 55.0 Å². The molecule has 0 radical (unpaired) electrons. The third-order valence-electron chi connectivity index (χ3n) is 9.02. The molecular formula is C41H26N4O2. The van der Waals surface area contributed by atoms with Gasteiger partial charge in [0.2, 0.25) is 5.79 Å². The van der Waals surface area contributed by atoms with Gasteiger partial charge in [0.05, 0.1) is 35.2 Å².